The van der Waals surface area contributed by atoms with E-state index < -0.39 is 0 Å². The average Bonchev–Trinajstić information content (AvgIpc) is 3.45. The predicted octanol–water partition coefficient (Wildman–Crippen LogP) is 4.89. The summed E-state index contributed by atoms with van der Waals surface area (Å²) < 4.78 is 1.88. The third kappa shape index (κ3) is 4.22. The summed E-state index contributed by atoms with van der Waals surface area (Å²) in [7, 11) is 3.90. The molecule has 7 nitrogen and oxygen atoms in total. The van der Waals surface area contributed by atoms with Gasteiger partial charge >= 0.3 is 0 Å². The van der Waals surface area contributed by atoms with Gasteiger partial charge in [-0.3, -0.25) is 4.79 Å². The Hall–Kier alpha value is -3.19. The Morgan fingerprint density at radius 1 is 1.23 bits per heavy atom. The van der Waals surface area contributed by atoms with Crippen LogP contribution in [-0.4, -0.2) is 69.0 Å². The Morgan fingerprint density at radius 3 is 2.77 bits per heavy atom. The van der Waals surface area contributed by atoms with Crippen LogP contribution in [0.25, 0.3) is 27.8 Å². The molecule has 4 aromatic rings. The molecule has 1 unspecified atom stereocenters. The number of likely N-dealkylation sites (N-methyl/N-ethyl adjacent to an activating group) is 1. The number of aromatic nitrogens is 4. The molecule has 1 fully saturated rings. The maximum Gasteiger partial charge on any atom is 0.236 e. The Bertz CT molecular complexity index is 1400. The zero-order chi connectivity index (χ0) is 24.9. The Kier molecular flexibility index (Phi) is 6.13. The quantitative estimate of drug-likeness (QED) is 0.449. The number of pyridine rings is 1. The van der Waals surface area contributed by atoms with E-state index >= 15 is 0 Å². The molecule has 1 amide bonds. The predicted molar refractivity (Wildman–Crippen MR) is 141 cm³/mol. The average molecular weight is 473 g/mol. The van der Waals surface area contributed by atoms with Crippen LogP contribution in [0.4, 0.5) is 0 Å². The Morgan fingerprint density at radius 2 is 2.03 bits per heavy atom. The number of carbonyl (C=O) groups excluding carboxylic acids is 1. The van der Waals surface area contributed by atoms with Gasteiger partial charge in [-0.15, -0.1) is 0 Å². The molecule has 3 aromatic heterocycles. The van der Waals surface area contributed by atoms with E-state index in [1.165, 1.54) is 27.6 Å². The molecule has 0 spiro atoms. The van der Waals surface area contributed by atoms with Crippen molar-refractivity contribution in [2.75, 3.05) is 33.7 Å². The van der Waals surface area contributed by atoms with Crippen LogP contribution in [0.5, 0.6) is 0 Å². The minimum absolute atomic E-state index is 0.224. The van der Waals surface area contributed by atoms with Gasteiger partial charge in [0.05, 0.1) is 12.2 Å². The lowest BCUT2D eigenvalue weighted by Gasteiger charge is -2.33. The molecule has 1 aromatic carbocycles. The first kappa shape index (κ1) is 23.5. The van der Waals surface area contributed by atoms with Crippen molar-refractivity contribution in [1.82, 2.24) is 29.4 Å². The fourth-order valence-electron chi connectivity index (χ4n) is 5.60. The molecule has 184 valence electrons. The van der Waals surface area contributed by atoms with Crippen LogP contribution in [0, 0.1) is 13.8 Å². The van der Waals surface area contributed by atoms with Gasteiger partial charge in [-0.05, 0) is 81.1 Å². The van der Waals surface area contributed by atoms with E-state index in [0.717, 1.165) is 48.4 Å². The second-order valence-corrected chi connectivity index (χ2v) is 10.6. The van der Waals surface area contributed by atoms with Gasteiger partial charge in [-0.25, -0.2) is 9.50 Å². The lowest BCUT2D eigenvalue weighted by atomic mass is 9.88. The van der Waals surface area contributed by atoms with Crippen LogP contribution in [0.15, 0.2) is 30.7 Å². The standard InChI is InChI=1S/C28H36N6O/c1-17(2)26-22-12-20(21-8-7-11-33(13-21)25(35)15-32(5)6)9-10-24(22)31-27(26)23-14-34-28(29-16-30-34)19(4)18(23)3/h9-10,12,14,16-17,21,31H,7-8,11,13,15H2,1-6H3. The minimum Gasteiger partial charge on any atom is -0.354 e. The fourth-order valence-corrected chi connectivity index (χ4v) is 5.60. The molecule has 4 heterocycles. The van der Waals surface area contributed by atoms with Crippen molar-refractivity contribution in [1.29, 1.82) is 0 Å². The number of piperidine rings is 1. The van der Waals surface area contributed by atoms with Crippen LogP contribution in [0.3, 0.4) is 0 Å². The molecule has 5 rings (SSSR count). The maximum absolute atomic E-state index is 12.7. The van der Waals surface area contributed by atoms with Gasteiger partial charge in [0.15, 0.2) is 5.65 Å². The molecule has 1 aliphatic heterocycles. The number of aromatic amines is 1. The normalized spacial score (nSPS) is 16.8. The van der Waals surface area contributed by atoms with Crippen molar-refractivity contribution in [2.24, 2.45) is 0 Å². The lowest BCUT2D eigenvalue weighted by Crippen LogP contribution is -2.43. The Balaban J connectivity index is 1.56. The van der Waals surface area contributed by atoms with Gasteiger partial charge in [0, 0.05) is 41.7 Å². The molecule has 0 bridgehead atoms. The first-order valence-corrected chi connectivity index (χ1v) is 12.6. The number of rotatable bonds is 5. The van der Waals surface area contributed by atoms with Crippen LogP contribution in [0.1, 0.15) is 60.8 Å². The van der Waals surface area contributed by atoms with E-state index in [4.69, 9.17) is 0 Å². The number of fused-ring (bicyclic) bond motifs is 2. The summed E-state index contributed by atoms with van der Waals surface area (Å²) >= 11 is 0. The van der Waals surface area contributed by atoms with Gasteiger partial charge in [-0.2, -0.15) is 5.10 Å². The molecule has 0 saturated carbocycles. The van der Waals surface area contributed by atoms with E-state index in [2.05, 4.69) is 67.2 Å². The fraction of sp³-hybridized carbons (Fsp3) is 0.464. The van der Waals surface area contributed by atoms with Gasteiger partial charge in [0.1, 0.15) is 6.33 Å². The highest BCUT2D eigenvalue weighted by atomic mass is 16.2. The van der Waals surface area contributed by atoms with Gasteiger partial charge in [-0.1, -0.05) is 19.9 Å². The van der Waals surface area contributed by atoms with Crippen molar-refractivity contribution in [2.45, 2.75) is 52.4 Å². The molecule has 0 radical (unpaired) electrons. The number of nitrogens with one attached hydrogen (secondary N) is 1. The molecule has 0 aliphatic carbocycles. The summed E-state index contributed by atoms with van der Waals surface area (Å²) in [6.45, 7) is 10.9. The summed E-state index contributed by atoms with van der Waals surface area (Å²) in [5.74, 6) is 0.944. The monoisotopic (exact) mass is 472 g/mol. The molecule has 1 aliphatic rings. The molecular formula is C28H36N6O. The third-order valence-electron chi connectivity index (χ3n) is 7.53. The lowest BCUT2D eigenvalue weighted by molar-refractivity contribution is -0.133. The molecule has 1 atom stereocenters. The first-order chi connectivity index (χ1) is 16.7. The number of H-pyrrole nitrogens is 1. The van der Waals surface area contributed by atoms with E-state index in [-0.39, 0.29) is 5.91 Å². The van der Waals surface area contributed by atoms with Crippen molar-refractivity contribution < 1.29 is 4.79 Å². The van der Waals surface area contributed by atoms with Crippen molar-refractivity contribution in [3.05, 3.63) is 53.0 Å². The van der Waals surface area contributed by atoms with E-state index in [1.807, 2.05) is 28.4 Å². The highest BCUT2D eigenvalue weighted by Crippen LogP contribution is 2.39. The summed E-state index contributed by atoms with van der Waals surface area (Å²) in [5.41, 5.74) is 9.42. The first-order valence-electron chi connectivity index (χ1n) is 12.6. The molecule has 35 heavy (non-hydrogen) atoms. The number of hydrogen-bond acceptors (Lipinski definition) is 4. The summed E-state index contributed by atoms with van der Waals surface area (Å²) in [6, 6.07) is 6.83. The number of nitrogens with zero attached hydrogens (tertiary/aromatic N) is 5. The van der Waals surface area contributed by atoms with E-state index in [1.54, 1.807) is 6.33 Å². The summed E-state index contributed by atoms with van der Waals surface area (Å²) in [6.07, 6.45) is 5.88. The molecule has 1 saturated heterocycles. The van der Waals surface area contributed by atoms with E-state index in [9.17, 15) is 4.79 Å². The number of amides is 1. The second-order valence-electron chi connectivity index (χ2n) is 10.6. The number of hydrogen-bond donors (Lipinski definition) is 1. The van der Waals surface area contributed by atoms with Crippen LogP contribution in [0.2, 0.25) is 0 Å². The maximum atomic E-state index is 12.7. The number of likely N-dealkylation sites (tertiary alicyclic amines) is 1. The minimum atomic E-state index is 0.224. The van der Waals surface area contributed by atoms with Crippen molar-refractivity contribution in [3.63, 3.8) is 0 Å². The van der Waals surface area contributed by atoms with Gasteiger partial charge < -0.3 is 14.8 Å². The SMILES string of the molecule is Cc1c(-c2[nH]c3ccc(C4CCCN(C(=O)CN(C)C)C4)cc3c2C(C)C)cn2ncnc2c1C. The zero-order valence-corrected chi connectivity index (χ0v) is 21.7. The number of aryl methyl sites for hydroxylation is 1. The smallest absolute Gasteiger partial charge is 0.236 e. The molecule has 7 heteroatoms. The summed E-state index contributed by atoms with van der Waals surface area (Å²) in [4.78, 5) is 24.9. The van der Waals surface area contributed by atoms with E-state index in [0.29, 0.717) is 18.4 Å². The number of benzene rings is 1. The molecule has 1 N–H and O–H groups in total. The van der Waals surface area contributed by atoms with Crippen LogP contribution >= 0.6 is 0 Å². The van der Waals surface area contributed by atoms with Crippen LogP contribution < -0.4 is 0 Å². The Labute approximate surface area is 207 Å². The highest BCUT2D eigenvalue weighted by Gasteiger charge is 2.26. The number of carbonyl (C=O) groups is 1. The van der Waals surface area contributed by atoms with Crippen molar-refractivity contribution >= 4 is 22.5 Å². The molecular weight excluding hydrogens is 436 g/mol. The largest absolute Gasteiger partial charge is 0.354 e. The van der Waals surface area contributed by atoms with Gasteiger partial charge in [0.2, 0.25) is 5.91 Å². The second kappa shape index (κ2) is 9.11. The third-order valence-corrected chi connectivity index (χ3v) is 7.53. The topological polar surface area (TPSA) is 69.5 Å². The zero-order valence-electron chi connectivity index (χ0n) is 21.7. The van der Waals surface area contributed by atoms with Crippen molar-refractivity contribution in [3.8, 4) is 11.3 Å². The van der Waals surface area contributed by atoms with Crippen LogP contribution in [-0.2, 0) is 4.79 Å². The summed E-state index contributed by atoms with van der Waals surface area (Å²) in [5, 5.41) is 5.68. The van der Waals surface area contributed by atoms with Gasteiger partial charge in [0.25, 0.3) is 0 Å². The highest BCUT2D eigenvalue weighted by molar-refractivity contribution is 5.92.